The Kier molecular flexibility index (Phi) is 4.01. The average molecular weight is 260 g/mol. The van der Waals surface area contributed by atoms with Gasteiger partial charge < -0.3 is 11.1 Å². The summed E-state index contributed by atoms with van der Waals surface area (Å²) in [6.45, 7) is 5.20. The largest absolute Gasteiger partial charge is 0.322 e. The molecule has 0 bridgehead atoms. The number of anilines is 1. The van der Waals surface area contributed by atoms with Crippen LogP contribution < -0.4 is 11.1 Å². The molecule has 0 radical (unpaired) electrons. The van der Waals surface area contributed by atoms with Crippen molar-refractivity contribution < 1.29 is 18.0 Å². The highest BCUT2D eigenvalue weighted by Crippen LogP contribution is 2.22. The Morgan fingerprint density at radius 3 is 2.28 bits per heavy atom. The van der Waals surface area contributed by atoms with Crippen LogP contribution in [0.4, 0.5) is 18.9 Å². The molecule has 1 aromatic rings. The molecule has 0 aromatic heterocycles. The molecule has 0 saturated heterocycles. The van der Waals surface area contributed by atoms with Gasteiger partial charge in [-0.05, 0) is 17.5 Å². The maximum Gasteiger partial charge on any atom is 0.241 e. The molecule has 0 aliphatic carbocycles. The Morgan fingerprint density at radius 1 is 1.22 bits per heavy atom. The van der Waals surface area contributed by atoms with E-state index in [1.54, 1.807) is 20.8 Å². The molecule has 100 valence electrons. The number of carbonyl (C=O) groups excluding carboxylic acids is 1. The van der Waals surface area contributed by atoms with Gasteiger partial charge in [-0.2, -0.15) is 0 Å². The van der Waals surface area contributed by atoms with Crippen LogP contribution in [0.15, 0.2) is 12.1 Å². The molecule has 6 heteroatoms. The second-order valence-corrected chi connectivity index (χ2v) is 5.06. The normalized spacial score (nSPS) is 13.3. The molecule has 1 atom stereocenters. The van der Waals surface area contributed by atoms with Gasteiger partial charge in [0.15, 0.2) is 17.5 Å². The molecule has 0 unspecified atom stereocenters. The lowest BCUT2D eigenvalue weighted by Gasteiger charge is -2.25. The number of hydrogen-bond acceptors (Lipinski definition) is 2. The molecular formula is C12H15F3N2O. The smallest absolute Gasteiger partial charge is 0.241 e. The van der Waals surface area contributed by atoms with Crippen molar-refractivity contribution in [2.24, 2.45) is 11.1 Å². The van der Waals surface area contributed by atoms with E-state index in [1.165, 1.54) is 0 Å². The van der Waals surface area contributed by atoms with Crippen LogP contribution in [0.5, 0.6) is 0 Å². The third-order valence-corrected chi connectivity index (χ3v) is 2.51. The highest BCUT2D eigenvalue weighted by molar-refractivity contribution is 5.95. The summed E-state index contributed by atoms with van der Waals surface area (Å²) >= 11 is 0. The summed E-state index contributed by atoms with van der Waals surface area (Å²) in [6.07, 6.45) is 0. The van der Waals surface area contributed by atoms with Crippen LogP contribution in [0.2, 0.25) is 0 Å². The van der Waals surface area contributed by atoms with E-state index < -0.39 is 40.5 Å². The zero-order valence-corrected chi connectivity index (χ0v) is 10.4. The predicted molar refractivity (Wildman–Crippen MR) is 62.4 cm³/mol. The number of rotatable bonds is 2. The van der Waals surface area contributed by atoms with Crippen LogP contribution in [0.3, 0.4) is 0 Å². The zero-order chi connectivity index (χ0) is 14.1. The molecule has 3 nitrogen and oxygen atoms in total. The van der Waals surface area contributed by atoms with E-state index in [9.17, 15) is 18.0 Å². The summed E-state index contributed by atoms with van der Waals surface area (Å²) in [5, 5.41) is 2.14. The summed E-state index contributed by atoms with van der Waals surface area (Å²) in [4.78, 5) is 11.7. The fourth-order valence-electron chi connectivity index (χ4n) is 1.23. The second kappa shape index (κ2) is 4.97. The van der Waals surface area contributed by atoms with Crippen LogP contribution in [0.25, 0.3) is 0 Å². The lowest BCUT2D eigenvalue weighted by Crippen LogP contribution is -2.45. The average Bonchev–Trinajstić information content (AvgIpc) is 2.27. The predicted octanol–water partition coefficient (Wildman–Crippen LogP) is 2.42. The summed E-state index contributed by atoms with van der Waals surface area (Å²) < 4.78 is 38.9. The molecular weight excluding hydrogens is 245 g/mol. The molecule has 0 fully saturated rings. The first-order chi connectivity index (χ1) is 8.14. The first-order valence-electron chi connectivity index (χ1n) is 5.34. The van der Waals surface area contributed by atoms with E-state index in [0.717, 1.165) is 12.1 Å². The van der Waals surface area contributed by atoms with Crippen molar-refractivity contribution in [3.63, 3.8) is 0 Å². The number of nitrogens with one attached hydrogen (secondary N) is 1. The first kappa shape index (κ1) is 14.5. The van der Waals surface area contributed by atoms with Gasteiger partial charge in [-0.3, -0.25) is 4.79 Å². The summed E-state index contributed by atoms with van der Waals surface area (Å²) in [7, 11) is 0. The quantitative estimate of drug-likeness (QED) is 0.802. The Labute approximate surface area is 103 Å². The molecule has 1 rings (SSSR count). The van der Waals surface area contributed by atoms with E-state index in [0.29, 0.717) is 0 Å². The van der Waals surface area contributed by atoms with Crippen molar-refractivity contribution >= 4 is 11.6 Å². The number of carbonyl (C=O) groups is 1. The highest BCUT2D eigenvalue weighted by atomic mass is 19.2. The van der Waals surface area contributed by atoms with Gasteiger partial charge in [-0.1, -0.05) is 20.8 Å². The van der Waals surface area contributed by atoms with E-state index in [-0.39, 0.29) is 0 Å². The van der Waals surface area contributed by atoms with Gasteiger partial charge in [-0.25, -0.2) is 13.2 Å². The zero-order valence-electron chi connectivity index (χ0n) is 10.4. The maximum absolute atomic E-state index is 13.3. The third kappa shape index (κ3) is 3.01. The van der Waals surface area contributed by atoms with Gasteiger partial charge in [-0.15, -0.1) is 0 Å². The van der Waals surface area contributed by atoms with Crippen LogP contribution in [-0.4, -0.2) is 11.9 Å². The lowest BCUT2D eigenvalue weighted by molar-refractivity contribution is -0.119. The fraction of sp³-hybridized carbons (Fsp3) is 0.417. The number of amides is 1. The Hall–Kier alpha value is -1.56. The third-order valence-electron chi connectivity index (χ3n) is 2.51. The van der Waals surface area contributed by atoms with Crippen molar-refractivity contribution in [3.8, 4) is 0 Å². The van der Waals surface area contributed by atoms with Gasteiger partial charge in [0.2, 0.25) is 5.91 Å². The maximum atomic E-state index is 13.3. The number of benzene rings is 1. The lowest BCUT2D eigenvalue weighted by atomic mass is 9.87. The number of hydrogen-bond donors (Lipinski definition) is 2. The van der Waals surface area contributed by atoms with E-state index in [1.807, 2.05) is 0 Å². The molecule has 3 N–H and O–H groups in total. The highest BCUT2D eigenvalue weighted by Gasteiger charge is 2.28. The number of halogens is 3. The Balaban J connectivity index is 2.93. The van der Waals surface area contributed by atoms with Gasteiger partial charge in [0, 0.05) is 0 Å². The molecule has 0 aliphatic rings. The molecule has 0 aliphatic heterocycles. The minimum atomic E-state index is -1.63. The van der Waals surface area contributed by atoms with Gasteiger partial charge >= 0.3 is 0 Å². The van der Waals surface area contributed by atoms with Crippen molar-refractivity contribution in [2.75, 3.05) is 5.32 Å². The van der Waals surface area contributed by atoms with E-state index in [4.69, 9.17) is 5.73 Å². The van der Waals surface area contributed by atoms with Crippen molar-refractivity contribution in [1.82, 2.24) is 0 Å². The van der Waals surface area contributed by atoms with E-state index in [2.05, 4.69) is 5.32 Å². The Bertz CT molecular complexity index is 469. The minimum Gasteiger partial charge on any atom is -0.322 e. The number of nitrogens with two attached hydrogens (primary N) is 1. The van der Waals surface area contributed by atoms with Crippen LogP contribution in [-0.2, 0) is 4.79 Å². The monoisotopic (exact) mass is 260 g/mol. The standard InChI is InChI=1S/C12H15F3N2O/c1-12(2,3)10(16)11(18)17-7-5-4-6(13)8(14)9(7)15/h4-5,10H,16H2,1-3H3,(H,17,18)/t10-/m0/s1. The Morgan fingerprint density at radius 2 is 1.78 bits per heavy atom. The topological polar surface area (TPSA) is 55.1 Å². The van der Waals surface area contributed by atoms with E-state index >= 15 is 0 Å². The molecule has 18 heavy (non-hydrogen) atoms. The van der Waals surface area contributed by atoms with Crippen LogP contribution in [0.1, 0.15) is 20.8 Å². The molecule has 1 amide bonds. The summed E-state index contributed by atoms with van der Waals surface area (Å²) in [6, 6.07) is 0.780. The first-order valence-corrected chi connectivity index (χ1v) is 5.34. The van der Waals surface area contributed by atoms with Crippen LogP contribution >= 0.6 is 0 Å². The SMILES string of the molecule is CC(C)(C)[C@@H](N)C(=O)Nc1ccc(F)c(F)c1F. The van der Waals surface area contributed by atoms with Crippen molar-refractivity contribution in [1.29, 1.82) is 0 Å². The molecule has 0 heterocycles. The molecule has 1 aromatic carbocycles. The van der Waals surface area contributed by atoms with Gasteiger partial charge in [0.05, 0.1) is 11.7 Å². The van der Waals surface area contributed by atoms with Gasteiger partial charge in [0.1, 0.15) is 0 Å². The molecule has 0 saturated carbocycles. The molecule has 0 spiro atoms. The fourth-order valence-corrected chi connectivity index (χ4v) is 1.23. The van der Waals surface area contributed by atoms with Crippen molar-refractivity contribution in [3.05, 3.63) is 29.6 Å². The van der Waals surface area contributed by atoms with Crippen LogP contribution in [0, 0.1) is 22.9 Å². The summed E-state index contributed by atoms with van der Waals surface area (Å²) in [5.41, 5.74) is 4.70. The van der Waals surface area contributed by atoms with Gasteiger partial charge in [0.25, 0.3) is 0 Å². The second-order valence-electron chi connectivity index (χ2n) is 5.06. The summed E-state index contributed by atoms with van der Waals surface area (Å²) in [5.74, 6) is -5.04. The van der Waals surface area contributed by atoms with Crippen molar-refractivity contribution in [2.45, 2.75) is 26.8 Å². The minimum absolute atomic E-state index is 0.432.